The Hall–Kier alpha value is -2.96. The average molecular weight is 377 g/mol. The molecule has 0 N–H and O–H groups in total. The highest BCUT2D eigenvalue weighted by molar-refractivity contribution is 5.98. The van der Waals surface area contributed by atoms with Crippen molar-refractivity contribution in [1.82, 2.24) is 24.6 Å². The first kappa shape index (κ1) is 17.2. The summed E-state index contributed by atoms with van der Waals surface area (Å²) in [7, 11) is 1.97. The third-order valence-electron chi connectivity index (χ3n) is 6.39. The summed E-state index contributed by atoms with van der Waals surface area (Å²) < 4.78 is 7.59. The molecule has 1 amide bonds. The van der Waals surface area contributed by atoms with Crippen LogP contribution in [-0.2, 0) is 7.05 Å². The number of likely N-dealkylation sites (tertiary alicyclic amines) is 1. The summed E-state index contributed by atoms with van der Waals surface area (Å²) >= 11 is 0. The van der Waals surface area contributed by atoms with E-state index in [0.717, 1.165) is 36.3 Å². The molecule has 144 valence electrons. The number of hydrogen-bond acceptors (Lipinski definition) is 5. The van der Waals surface area contributed by atoms with Crippen LogP contribution in [0.15, 0.2) is 41.4 Å². The number of rotatable bonds is 3. The lowest BCUT2D eigenvalue weighted by molar-refractivity contribution is 0.0719. The topological polar surface area (TPSA) is 77.1 Å². The molecule has 1 spiro atoms. The molecule has 2 aromatic heterocycles. The smallest absolute Gasteiger partial charge is 0.276 e. The van der Waals surface area contributed by atoms with Gasteiger partial charge in [-0.3, -0.25) is 4.79 Å². The largest absolute Gasteiger partial charge is 0.443 e. The van der Waals surface area contributed by atoms with Crippen LogP contribution in [0, 0.1) is 12.3 Å². The lowest BCUT2D eigenvalue weighted by atomic mass is 9.62. The van der Waals surface area contributed by atoms with Gasteiger partial charge in [-0.05, 0) is 31.2 Å². The predicted molar refractivity (Wildman–Crippen MR) is 103 cm³/mol. The van der Waals surface area contributed by atoms with Crippen LogP contribution in [-0.4, -0.2) is 43.6 Å². The van der Waals surface area contributed by atoms with E-state index in [4.69, 9.17) is 4.42 Å². The summed E-state index contributed by atoms with van der Waals surface area (Å²) in [6.45, 7) is 3.41. The van der Waals surface area contributed by atoms with Crippen LogP contribution in [0.3, 0.4) is 0 Å². The third-order valence-corrected chi connectivity index (χ3v) is 6.39. The van der Waals surface area contributed by atoms with Gasteiger partial charge in [0.2, 0.25) is 0 Å². The Kier molecular flexibility index (Phi) is 3.86. The molecule has 28 heavy (non-hydrogen) atoms. The van der Waals surface area contributed by atoms with E-state index in [1.165, 1.54) is 12.8 Å². The van der Waals surface area contributed by atoms with E-state index in [0.29, 0.717) is 18.0 Å². The Morgan fingerprint density at radius 1 is 1.32 bits per heavy atom. The Morgan fingerprint density at radius 2 is 2.18 bits per heavy atom. The van der Waals surface area contributed by atoms with Crippen molar-refractivity contribution in [3.63, 3.8) is 0 Å². The lowest BCUT2D eigenvalue weighted by Crippen LogP contribution is -2.38. The number of benzene rings is 1. The van der Waals surface area contributed by atoms with E-state index < -0.39 is 0 Å². The van der Waals surface area contributed by atoms with Gasteiger partial charge in [0.1, 0.15) is 12.2 Å². The first-order valence-corrected chi connectivity index (χ1v) is 9.71. The molecule has 1 saturated carbocycles. The monoisotopic (exact) mass is 377 g/mol. The zero-order valence-electron chi connectivity index (χ0n) is 16.1. The van der Waals surface area contributed by atoms with Crippen LogP contribution in [0.4, 0.5) is 0 Å². The van der Waals surface area contributed by atoms with Crippen LogP contribution in [0.1, 0.15) is 47.1 Å². The van der Waals surface area contributed by atoms with Crippen LogP contribution in [0.5, 0.6) is 0 Å². The van der Waals surface area contributed by atoms with Gasteiger partial charge < -0.3 is 13.9 Å². The highest BCUT2D eigenvalue weighted by Crippen LogP contribution is 2.55. The van der Waals surface area contributed by atoms with Gasteiger partial charge in [0.25, 0.3) is 5.91 Å². The van der Waals surface area contributed by atoms with Gasteiger partial charge in [0, 0.05) is 31.6 Å². The summed E-state index contributed by atoms with van der Waals surface area (Å²) in [4.78, 5) is 19.6. The summed E-state index contributed by atoms with van der Waals surface area (Å²) in [5.74, 6) is 1.65. The Labute approximate surface area is 163 Å². The minimum atomic E-state index is -0.0683. The maximum absolute atomic E-state index is 13.4. The minimum absolute atomic E-state index is 0.0683. The molecular weight excluding hydrogens is 354 g/mol. The van der Waals surface area contributed by atoms with Crippen molar-refractivity contribution in [2.75, 3.05) is 13.1 Å². The molecule has 2 aliphatic rings. The normalized spacial score (nSPS) is 20.5. The molecule has 1 aliphatic heterocycles. The summed E-state index contributed by atoms with van der Waals surface area (Å²) in [6.07, 6.45) is 6.55. The molecule has 2 fully saturated rings. The van der Waals surface area contributed by atoms with Crippen molar-refractivity contribution in [1.29, 1.82) is 0 Å². The second-order valence-corrected chi connectivity index (χ2v) is 8.15. The zero-order chi connectivity index (χ0) is 19.3. The number of aromatic nitrogens is 4. The SMILES string of the molecule is Cc1cccc(-c2ocnc2C(=O)N2CC(c3nncn3C)C3(CCC3)C2)c1. The Morgan fingerprint density at radius 3 is 2.86 bits per heavy atom. The van der Waals surface area contributed by atoms with Crippen molar-refractivity contribution in [3.8, 4) is 11.3 Å². The molecule has 5 rings (SSSR count). The quantitative estimate of drug-likeness (QED) is 0.701. The first-order valence-electron chi connectivity index (χ1n) is 9.71. The molecule has 7 nitrogen and oxygen atoms in total. The third kappa shape index (κ3) is 2.57. The lowest BCUT2D eigenvalue weighted by Gasteiger charge is -2.42. The van der Waals surface area contributed by atoms with Crippen LogP contribution in [0.25, 0.3) is 11.3 Å². The van der Waals surface area contributed by atoms with Crippen molar-refractivity contribution in [3.05, 3.63) is 54.1 Å². The number of hydrogen-bond donors (Lipinski definition) is 0. The van der Waals surface area contributed by atoms with Crippen molar-refractivity contribution in [2.45, 2.75) is 32.1 Å². The molecule has 1 unspecified atom stereocenters. The molecule has 1 aliphatic carbocycles. The summed E-state index contributed by atoms with van der Waals surface area (Å²) in [5.41, 5.74) is 2.50. The predicted octanol–water partition coefficient (Wildman–Crippen LogP) is 3.19. The van der Waals surface area contributed by atoms with Crippen LogP contribution >= 0.6 is 0 Å². The maximum Gasteiger partial charge on any atom is 0.276 e. The van der Waals surface area contributed by atoms with Gasteiger partial charge in [-0.15, -0.1) is 10.2 Å². The van der Waals surface area contributed by atoms with Gasteiger partial charge >= 0.3 is 0 Å². The number of nitrogens with zero attached hydrogens (tertiary/aromatic N) is 5. The van der Waals surface area contributed by atoms with E-state index in [2.05, 4.69) is 15.2 Å². The first-order chi connectivity index (χ1) is 13.6. The molecule has 7 heteroatoms. The van der Waals surface area contributed by atoms with E-state index in [9.17, 15) is 4.79 Å². The minimum Gasteiger partial charge on any atom is -0.443 e. The fourth-order valence-corrected chi connectivity index (χ4v) is 4.76. The molecule has 1 aromatic carbocycles. The standard InChI is InChI=1S/C21H23N5O2/c1-14-5-3-6-15(9-14)18-17(22-13-28-18)20(27)26-10-16(19-24-23-12-25(19)2)21(11-26)7-4-8-21/h3,5-6,9,12-13,16H,4,7-8,10-11H2,1-2H3. The average Bonchev–Trinajstić information content (AvgIpc) is 3.38. The Balaban J connectivity index is 1.46. The van der Waals surface area contributed by atoms with Crippen molar-refractivity contribution in [2.24, 2.45) is 12.5 Å². The van der Waals surface area contributed by atoms with E-state index in [1.54, 1.807) is 6.33 Å². The molecule has 3 aromatic rings. The number of amides is 1. The van der Waals surface area contributed by atoms with Crippen molar-refractivity contribution >= 4 is 5.91 Å². The number of oxazole rings is 1. The number of carbonyl (C=O) groups excluding carboxylic acids is 1. The van der Waals surface area contributed by atoms with Gasteiger partial charge in [-0.1, -0.05) is 30.2 Å². The zero-order valence-corrected chi connectivity index (χ0v) is 16.1. The summed E-state index contributed by atoms with van der Waals surface area (Å²) in [5, 5.41) is 8.40. The van der Waals surface area contributed by atoms with Crippen molar-refractivity contribution < 1.29 is 9.21 Å². The van der Waals surface area contributed by atoms with Gasteiger partial charge in [-0.25, -0.2) is 4.98 Å². The van der Waals surface area contributed by atoms with Crippen LogP contribution < -0.4 is 0 Å². The molecule has 0 bridgehead atoms. The maximum atomic E-state index is 13.4. The molecule has 3 heterocycles. The molecular formula is C21H23N5O2. The second kappa shape index (κ2) is 6.29. The van der Waals surface area contributed by atoms with E-state index >= 15 is 0 Å². The fraction of sp³-hybridized carbons (Fsp3) is 0.429. The van der Waals surface area contributed by atoms with E-state index in [-0.39, 0.29) is 17.2 Å². The van der Waals surface area contributed by atoms with E-state index in [1.807, 2.05) is 47.7 Å². The molecule has 1 saturated heterocycles. The number of aryl methyl sites for hydroxylation is 2. The van der Waals surface area contributed by atoms with Crippen LogP contribution in [0.2, 0.25) is 0 Å². The molecule has 1 atom stereocenters. The highest BCUT2D eigenvalue weighted by Gasteiger charge is 2.53. The molecule has 0 radical (unpaired) electrons. The highest BCUT2D eigenvalue weighted by atomic mass is 16.3. The van der Waals surface area contributed by atoms with Gasteiger partial charge in [-0.2, -0.15) is 0 Å². The number of carbonyl (C=O) groups is 1. The fourth-order valence-electron chi connectivity index (χ4n) is 4.76. The van der Waals surface area contributed by atoms with Gasteiger partial charge in [0.05, 0.1) is 0 Å². The van der Waals surface area contributed by atoms with Gasteiger partial charge in [0.15, 0.2) is 17.8 Å². The second-order valence-electron chi connectivity index (χ2n) is 8.15. The Bertz CT molecular complexity index is 1030. The summed E-state index contributed by atoms with van der Waals surface area (Å²) in [6, 6.07) is 7.94.